The van der Waals surface area contributed by atoms with Crippen LogP contribution in [0.3, 0.4) is 0 Å². The second-order valence-electron chi connectivity index (χ2n) is 4.43. The number of carbonyl (C=O) groups is 1. The average molecular weight is 299 g/mol. The zero-order valence-corrected chi connectivity index (χ0v) is 11.7. The minimum Gasteiger partial charge on any atom is -0.481 e. The van der Waals surface area contributed by atoms with Crippen molar-refractivity contribution in [3.05, 3.63) is 0 Å². The number of sulfonamides is 1. The van der Waals surface area contributed by atoms with E-state index < -0.39 is 37.3 Å². The van der Waals surface area contributed by atoms with Gasteiger partial charge in [-0.05, 0) is 12.8 Å². The van der Waals surface area contributed by atoms with Crippen molar-refractivity contribution < 1.29 is 26.7 Å². The van der Waals surface area contributed by atoms with Crippen molar-refractivity contribution in [1.82, 2.24) is 4.31 Å². The van der Waals surface area contributed by atoms with Crippen LogP contribution in [0.2, 0.25) is 0 Å². The normalized spacial score (nSPS) is 17.0. The van der Waals surface area contributed by atoms with Crippen molar-refractivity contribution in [2.24, 2.45) is 0 Å². The minimum atomic E-state index is -3.70. The number of hydrogen-bond donors (Lipinski definition) is 1. The number of carboxylic acids is 1. The molecule has 1 fully saturated rings. The maximum atomic E-state index is 11.9. The van der Waals surface area contributed by atoms with Gasteiger partial charge in [-0.25, -0.2) is 16.8 Å². The van der Waals surface area contributed by atoms with Crippen molar-refractivity contribution in [1.29, 1.82) is 0 Å². The first-order chi connectivity index (χ1) is 8.12. The SMILES string of the molecule is CS(=O)(=O)CCS(=O)(=O)N(CCC(=O)O)C1CC1. The van der Waals surface area contributed by atoms with Gasteiger partial charge in [-0.2, -0.15) is 4.31 Å². The second kappa shape index (κ2) is 5.54. The molecule has 0 aromatic rings. The van der Waals surface area contributed by atoms with Gasteiger partial charge in [0.25, 0.3) is 0 Å². The monoisotopic (exact) mass is 299 g/mol. The lowest BCUT2D eigenvalue weighted by molar-refractivity contribution is -0.137. The minimum absolute atomic E-state index is 0.0912. The van der Waals surface area contributed by atoms with E-state index in [1.807, 2.05) is 0 Å². The van der Waals surface area contributed by atoms with E-state index in [-0.39, 0.29) is 19.0 Å². The third-order valence-electron chi connectivity index (χ3n) is 2.57. The van der Waals surface area contributed by atoms with Crippen LogP contribution in [0.15, 0.2) is 0 Å². The van der Waals surface area contributed by atoms with Crippen molar-refractivity contribution in [2.45, 2.75) is 25.3 Å². The smallest absolute Gasteiger partial charge is 0.304 e. The maximum Gasteiger partial charge on any atom is 0.304 e. The Labute approximate surface area is 107 Å². The Morgan fingerprint density at radius 3 is 2.17 bits per heavy atom. The molecule has 1 N–H and O–H groups in total. The van der Waals surface area contributed by atoms with Crippen LogP contribution in [-0.2, 0) is 24.7 Å². The zero-order chi connectivity index (χ0) is 14.0. The summed E-state index contributed by atoms with van der Waals surface area (Å²) in [6.45, 7) is -0.0912. The van der Waals surface area contributed by atoms with Crippen LogP contribution in [0.25, 0.3) is 0 Å². The molecule has 0 saturated heterocycles. The Hall–Kier alpha value is -0.670. The first kappa shape index (κ1) is 15.4. The van der Waals surface area contributed by atoms with Crippen LogP contribution in [-0.4, -0.2) is 62.6 Å². The molecule has 0 aromatic heterocycles. The molecule has 9 heteroatoms. The molecule has 0 aliphatic heterocycles. The Morgan fingerprint density at radius 1 is 1.22 bits per heavy atom. The summed E-state index contributed by atoms with van der Waals surface area (Å²) in [6, 6.07) is -0.158. The van der Waals surface area contributed by atoms with E-state index in [0.29, 0.717) is 12.8 Å². The summed E-state index contributed by atoms with van der Waals surface area (Å²) in [6.07, 6.45) is 2.12. The topological polar surface area (TPSA) is 109 Å². The summed E-state index contributed by atoms with van der Waals surface area (Å²) in [7, 11) is -7.05. The Bertz CT molecular complexity index is 505. The molecule has 0 radical (unpaired) electrons. The third kappa shape index (κ3) is 5.32. The molecule has 1 aliphatic rings. The highest BCUT2D eigenvalue weighted by Crippen LogP contribution is 2.29. The van der Waals surface area contributed by atoms with Gasteiger partial charge >= 0.3 is 5.97 Å². The van der Waals surface area contributed by atoms with E-state index in [2.05, 4.69) is 0 Å². The molecule has 0 spiro atoms. The van der Waals surface area contributed by atoms with E-state index in [9.17, 15) is 21.6 Å². The first-order valence-electron chi connectivity index (χ1n) is 5.51. The summed E-state index contributed by atoms with van der Waals surface area (Å²) in [5.41, 5.74) is 0. The van der Waals surface area contributed by atoms with Gasteiger partial charge < -0.3 is 5.11 Å². The summed E-state index contributed by atoms with van der Waals surface area (Å²) >= 11 is 0. The van der Waals surface area contributed by atoms with Crippen molar-refractivity contribution in [3.8, 4) is 0 Å². The fraction of sp³-hybridized carbons (Fsp3) is 0.889. The quantitative estimate of drug-likeness (QED) is 0.635. The summed E-state index contributed by atoms with van der Waals surface area (Å²) < 4.78 is 47.0. The van der Waals surface area contributed by atoms with Crippen LogP contribution >= 0.6 is 0 Å². The molecule has 1 aliphatic carbocycles. The molecule has 18 heavy (non-hydrogen) atoms. The number of hydrogen-bond acceptors (Lipinski definition) is 5. The van der Waals surface area contributed by atoms with Gasteiger partial charge in [-0.3, -0.25) is 4.79 Å². The number of sulfone groups is 1. The molecule has 106 valence electrons. The van der Waals surface area contributed by atoms with Gasteiger partial charge in [0, 0.05) is 18.8 Å². The van der Waals surface area contributed by atoms with Gasteiger partial charge in [0.05, 0.1) is 17.9 Å². The Morgan fingerprint density at radius 2 is 1.78 bits per heavy atom. The number of rotatable bonds is 8. The van der Waals surface area contributed by atoms with Crippen LogP contribution in [0.4, 0.5) is 0 Å². The molecule has 0 aromatic carbocycles. The molecule has 1 rings (SSSR count). The number of nitrogens with zero attached hydrogens (tertiary/aromatic N) is 1. The third-order valence-corrected chi connectivity index (χ3v) is 5.69. The van der Waals surface area contributed by atoms with E-state index in [1.165, 1.54) is 0 Å². The van der Waals surface area contributed by atoms with Crippen LogP contribution in [0.5, 0.6) is 0 Å². The fourth-order valence-corrected chi connectivity index (χ4v) is 4.81. The standard InChI is InChI=1S/C9H17NO6S2/c1-17(13,14)6-7-18(15,16)10(8-2-3-8)5-4-9(11)12/h8H,2-7H2,1H3,(H,11,12). The van der Waals surface area contributed by atoms with E-state index >= 15 is 0 Å². The molecule has 0 atom stereocenters. The first-order valence-corrected chi connectivity index (χ1v) is 9.18. The van der Waals surface area contributed by atoms with E-state index in [0.717, 1.165) is 10.6 Å². The molecular weight excluding hydrogens is 282 g/mol. The highest BCUT2D eigenvalue weighted by Gasteiger charge is 2.37. The van der Waals surface area contributed by atoms with E-state index in [1.54, 1.807) is 0 Å². The summed E-state index contributed by atoms with van der Waals surface area (Å²) in [5.74, 6) is -1.99. The van der Waals surface area contributed by atoms with Crippen LogP contribution in [0, 0.1) is 0 Å². The molecule has 0 unspecified atom stereocenters. The van der Waals surface area contributed by atoms with Gasteiger partial charge in [0.2, 0.25) is 10.0 Å². The number of aliphatic carboxylic acids is 1. The van der Waals surface area contributed by atoms with Crippen LogP contribution in [0.1, 0.15) is 19.3 Å². The van der Waals surface area contributed by atoms with Gasteiger partial charge in [0.15, 0.2) is 0 Å². The molecule has 0 amide bonds. The van der Waals surface area contributed by atoms with Crippen molar-refractivity contribution >= 4 is 25.8 Å². The zero-order valence-electron chi connectivity index (χ0n) is 10.1. The molecule has 1 saturated carbocycles. The van der Waals surface area contributed by atoms with Gasteiger partial charge in [-0.1, -0.05) is 0 Å². The lowest BCUT2D eigenvalue weighted by atomic mass is 10.4. The lowest BCUT2D eigenvalue weighted by Crippen LogP contribution is -2.38. The Kier molecular flexibility index (Phi) is 4.73. The summed E-state index contributed by atoms with van der Waals surface area (Å²) in [4.78, 5) is 10.5. The van der Waals surface area contributed by atoms with Crippen LogP contribution < -0.4 is 0 Å². The largest absolute Gasteiger partial charge is 0.481 e. The Balaban J connectivity index is 2.68. The average Bonchev–Trinajstić information content (AvgIpc) is 2.97. The van der Waals surface area contributed by atoms with Crippen molar-refractivity contribution in [3.63, 3.8) is 0 Å². The van der Waals surface area contributed by atoms with Crippen molar-refractivity contribution in [2.75, 3.05) is 24.3 Å². The molecule has 0 bridgehead atoms. The summed E-state index contributed by atoms with van der Waals surface area (Å²) in [5, 5.41) is 8.57. The highest BCUT2D eigenvalue weighted by atomic mass is 32.2. The lowest BCUT2D eigenvalue weighted by Gasteiger charge is -2.20. The van der Waals surface area contributed by atoms with Gasteiger partial charge in [-0.15, -0.1) is 0 Å². The molecular formula is C9H17NO6S2. The predicted molar refractivity (Wildman–Crippen MR) is 65.5 cm³/mol. The number of carboxylic acid groups (broad SMARTS) is 1. The fourth-order valence-electron chi connectivity index (χ4n) is 1.49. The predicted octanol–water partition coefficient (Wildman–Crippen LogP) is -0.700. The van der Waals surface area contributed by atoms with Gasteiger partial charge in [0.1, 0.15) is 9.84 Å². The second-order valence-corrected chi connectivity index (χ2v) is 8.73. The highest BCUT2D eigenvalue weighted by molar-refractivity contribution is 7.93. The maximum absolute atomic E-state index is 11.9. The molecule has 7 nitrogen and oxygen atoms in total. The van der Waals surface area contributed by atoms with E-state index in [4.69, 9.17) is 5.11 Å². The molecule has 0 heterocycles.